The van der Waals surface area contributed by atoms with Gasteiger partial charge in [0.1, 0.15) is 0 Å². The van der Waals surface area contributed by atoms with Gasteiger partial charge in [-0.3, -0.25) is 4.79 Å². The van der Waals surface area contributed by atoms with Gasteiger partial charge in [0, 0.05) is 22.6 Å². The summed E-state index contributed by atoms with van der Waals surface area (Å²) in [5.41, 5.74) is 0.830. The zero-order chi connectivity index (χ0) is 11.8. The van der Waals surface area contributed by atoms with E-state index in [-0.39, 0.29) is 5.78 Å². The molecule has 0 heterocycles. The van der Waals surface area contributed by atoms with Gasteiger partial charge in [-0.15, -0.1) is 18.3 Å². The van der Waals surface area contributed by atoms with Crippen molar-refractivity contribution in [3.63, 3.8) is 0 Å². The Morgan fingerprint density at radius 2 is 2.06 bits per heavy atom. The first-order chi connectivity index (χ1) is 7.77. The third-order valence-corrected chi connectivity index (χ3v) is 3.31. The Bertz CT molecular complexity index is 340. The summed E-state index contributed by atoms with van der Waals surface area (Å²) in [5.74, 6) is 1.16. The number of benzene rings is 1. The predicted octanol–water partition coefficient (Wildman–Crippen LogP) is 4.34. The van der Waals surface area contributed by atoms with Gasteiger partial charge in [0.05, 0.1) is 0 Å². The summed E-state index contributed by atoms with van der Waals surface area (Å²) in [7, 11) is 0. The second-order valence-corrected chi connectivity index (χ2v) is 4.74. The molecule has 1 aromatic carbocycles. The van der Waals surface area contributed by atoms with Crippen LogP contribution in [0.1, 0.15) is 36.5 Å². The number of hydrogen-bond donors (Lipinski definition) is 0. The molecule has 1 rings (SSSR count). The molecule has 0 amide bonds. The van der Waals surface area contributed by atoms with Gasteiger partial charge < -0.3 is 0 Å². The zero-order valence-electron chi connectivity index (χ0n) is 9.74. The van der Waals surface area contributed by atoms with Crippen molar-refractivity contribution in [3.8, 4) is 0 Å². The van der Waals surface area contributed by atoms with Crippen LogP contribution in [0, 0.1) is 0 Å². The minimum absolute atomic E-state index is 0.252. The van der Waals surface area contributed by atoms with Crippen LogP contribution in [-0.4, -0.2) is 11.5 Å². The van der Waals surface area contributed by atoms with Gasteiger partial charge in [0.25, 0.3) is 0 Å². The normalized spacial score (nSPS) is 10.1. The van der Waals surface area contributed by atoms with Crippen molar-refractivity contribution >= 4 is 17.5 Å². The summed E-state index contributed by atoms with van der Waals surface area (Å²) in [6, 6.07) is 7.85. The van der Waals surface area contributed by atoms with Crippen molar-refractivity contribution in [2.75, 3.05) is 5.75 Å². The number of rotatable bonds is 7. The number of ketones is 1. The Balaban J connectivity index is 2.56. The van der Waals surface area contributed by atoms with E-state index in [0.29, 0.717) is 6.42 Å². The maximum Gasteiger partial charge on any atom is 0.162 e. The molecule has 0 aromatic heterocycles. The highest BCUT2D eigenvalue weighted by Crippen LogP contribution is 2.19. The molecule has 16 heavy (non-hydrogen) atoms. The van der Waals surface area contributed by atoms with Crippen LogP contribution in [0.15, 0.2) is 41.8 Å². The first kappa shape index (κ1) is 13.0. The van der Waals surface area contributed by atoms with Crippen LogP contribution in [-0.2, 0) is 0 Å². The minimum atomic E-state index is 0.252. The fourth-order valence-electron chi connectivity index (χ4n) is 1.37. The predicted molar refractivity (Wildman–Crippen MR) is 71.2 cm³/mol. The summed E-state index contributed by atoms with van der Waals surface area (Å²) >= 11 is 1.73. The average molecular weight is 234 g/mol. The van der Waals surface area contributed by atoms with Crippen LogP contribution in [0.5, 0.6) is 0 Å². The van der Waals surface area contributed by atoms with E-state index < -0.39 is 0 Å². The van der Waals surface area contributed by atoms with Gasteiger partial charge in [-0.25, -0.2) is 0 Å². The summed E-state index contributed by atoms with van der Waals surface area (Å²) in [6.07, 6.45) is 4.59. The van der Waals surface area contributed by atoms with Crippen LogP contribution >= 0.6 is 11.8 Å². The highest BCUT2D eigenvalue weighted by molar-refractivity contribution is 7.99. The lowest BCUT2D eigenvalue weighted by molar-refractivity contribution is 0.0979. The van der Waals surface area contributed by atoms with Crippen LogP contribution in [0.2, 0.25) is 0 Å². The maximum atomic E-state index is 11.7. The Labute approximate surface area is 102 Å². The fraction of sp³-hybridized carbons (Fsp3) is 0.357. The second kappa shape index (κ2) is 7.29. The number of unbranched alkanes of at least 4 members (excludes halogenated alkanes) is 1. The molecule has 0 aliphatic carbocycles. The van der Waals surface area contributed by atoms with Crippen molar-refractivity contribution in [1.82, 2.24) is 0 Å². The molecule has 0 aliphatic heterocycles. The molecule has 0 unspecified atom stereocenters. The largest absolute Gasteiger partial charge is 0.294 e. The Kier molecular flexibility index (Phi) is 5.94. The number of hydrogen-bond acceptors (Lipinski definition) is 2. The number of carbonyl (C=O) groups excluding carboxylic acids is 1. The molecule has 86 valence electrons. The lowest BCUT2D eigenvalue weighted by atomic mass is 10.1. The lowest BCUT2D eigenvalue weighted by Gasteiger charge is -2.02. The van der Waals surface area contributed by atoms with E-state index in [0.717, 1.165) is 24.2 Å². The first-order valence-electron chi connectivity index (χ1n) is 5.65. The molecule has 2 heteroatoms. The van der Waals surface area contributed by atoms with Gasteiger partial charge in [-0.1, -0.05) is 31.6 Å². The van der Waals surface area contributed by atoms with E-state index in [4.69, 9.17) is 0 Å². The summed E-state index contributed by atoms with van der Waals surface area (Å²) in [4.78, 5) is 12.9. The standard InChI is InChI=1S/C14H18OS/c1-3-5-6-14(15)12-7-9-13(10-8-12)16-11-4-2/h4,7-10H,2-3,5-6,11H2,1H3. The fourth-order valence-corrected chi connectivity index (χ4v) is 2.01. The molecule has 0 aliphatic rings. The SMILES string of the molecule is C=CCSc1ccc(C(=O)CCCC)cc1. The van der Waals surface area contributed by atoms with Gasteiger partial charge in [-0.2, -0.15) is 0 Å². The van der Waals surface area contributed by atoms with Crippen LogP contribution in [0.25, 0.3) is 0 Å². The van der Waals surface area contributed by atoms with E-state index in [9.17, 15) is 4.79 Å². The Hall–Kier alpha value is -1.02. The molecule has 0 bridgehead atoms. The molecule has 0 saturated heterocycles. The molecule has 1 nitrogen and oxygen atoms in total. The van der Waals surface area contributed by atoms with Gasteiger partial charge in [-0.05, 0) is 18.6 Å². The molecule has 0 N–H and O–H groups in total. The van der Waals surface area contributed by atoms with E-state index >= 15 is 0 Å². The average Bonchev–Trinajstić information content (AvgIpc) is 2.34. The van der Waals surface area contributed by atoms with Crippen LogP contribution in [0.3, 0.4) is 0 Å². The molecule has 0 fully saturated rings. The maximum absolute atomic E-state index is 11.7. The quantitative estimate of drug-likeness (QED) is 0.396. The smallest absolute Gasteiger partial charge is 0.162 e. The first-order valence-corrected chi connectivity index (χ1v) is 6.63. The van der Waals surface area contributed by atoms with Crippen molar-refractivity contribution in [1.29, 1.82) is 0 Å². The zero-order valence-corrected chi connectivity index (χ0v) is 10.6. The van der Waals surface area contributed by atoms with Crippen molar-refractivity contribution in [3.05, 3.63) is 42.5 Å². The Morgan fingerprint density at radius 1 is 1.38 bits per heavy atom. The molecule has 0 radical (unpaired) electrons. The molecule has 0 saturated carbocycles. The van der Waals surface area contributed by atoms with Gasteiger partial charge >= 0.3 is 0 Å². The third kappa shape index (κ3) is 4.23. The molecular formula is C14H18OS. The van der Waals surface area contributed by atoms with E-state index in [1.807, 2.05) is 30.3 Å². The monoisotopic (exact) mass is 234 g/mol. The van der Waals surface area contributed by atoms with E-state index in [2.05, 4.69) is 13.5 Å². The number of Topliss-reactive ketones (excluding diaryl/α,β-unsaturated/α-hetero) is 1. The van der Waals surface area contributed by atoms with Crippen LogP contribution in [0.4, 0.5) is 0 Å². The van der Waals surface area contributed by atoms with E-state index in [1.54, 1.807) is 11.8 Å². The summed E-state index contributed by atoms with van der Waals surface area (Å²) in [5, 5.41) is 0. The summed E-state index contributed by atoms with van der Waals surface area (Å²) < 4.78 is 0. The van der Waals surface area contributed by atoms with Gasteiger partial charge in [0.15, 0.2) is 5.78 Å². The van der Waals surface area contributed by atoms with Crippen molar-refractivity contribution < 1.29 is 4.79 Å². The molecule has 0 atom stereocenters. The molecule has 0 spiro atoms. The summed E-state index contributed by atoms with van der Waals surface area (Å²) in [6.45, 7) is 5.78. The Morgan fingerprint density at radius 3 is 2.62 bits per heavy atom. The second-order valence-electron chi connectivity index (χ2n) is 3.65. The van der Waals surface area contributed by atoms with Crippen molar-refractivity contribution in [2.45, 2.75) is 31.1 Å². The van der Waals surface area contributed by atoms with Gasteiger partial charge in [0.2, 0.25) is 0 Å². The van der Waals surface area contributed by atoms with E-state index in [1.165, 1.54) is 4.90 Å². The van der Waals surface area contributed by atoms with Crippen molar-refractivity contribution in [2.24, 2.45) is 0 Å². The molecular weight excluding hydrogens is 216 g/mol. The highest BCUT2D eigenvalue weighted by Gasteiger charge is 2.04. The third-order valence-electron chi connectivity index (χ3n) is 2.30. The molecule has 1 aromatic rings. The number of carbonyl (C=O) groups is 1. The number of thioether (sulfide) groups is 1. The highest BCUT2D eigenvalue weighted by atomic mass is 32.2. The van der Waals surface area contributed by atoms with Crippen LogP contribution < -0.4 is 0 Å². The topological polar surface area (TPSA) is 17.1 Å². The lowest BCUT2D eigenvalue weighted by Crippen LogP contribution is -1.98. The minimum Gasteiger partial charge on any atom is -0.294 e.